The molecule has 124 valence electrons. The second kappa shape index (κ2) is 9.32. The van der Waals surface area contributed by atoms with Gasteiger partial charge >= 0.3 is 0 Å². The van der Waals surface area contributed by atoms with Crippen molar-refractivity contribution in [2.75, 3.05) is 19.3 Å². The molecule has 1 fully saturated rings. The van der Waals surface area contributed by atoms with Crippen LogP contribution in [0.5, 0.6) is 0 Å². The van der Waals surface area contributed by atoms with Gasteiger partial charge in [0, 0.05) is 30.4 Å². The third-order valence-corrected chi connectivity index (χ3v) is 5.32. The van der Waals surface area contributed by atoms with E-state index in [-0.39, 0.29) is 24.0 Å². The molecule has 3 rings (SSSR count). The predicted molar refractivity (Wildman–Crippen MR) is 111 cm³/mol. The zero-order valence-corrected chi connectivity index (χ0v) is 16.4. The van der Waals surface area contributed by atoms with Crippen LogP contribution in [0.15, 0.2) is 41.5 Å². The van der Waals surface area contributed by atoms with Crippen molar-refractivity contribution in [1.29, 1.82) is 0 Å². The average molecular weight is 442 g/mol. The van der Waals surface area contributed by atoms with Gasteiger partial charge in [0.25, 0.3) is 0 Å². The van der Waals surface area contributed by atoms with Crippen LogP contribution in [0.25, 0.3) is 10.8 Å². The van der Waals surface area contributed by atoms with Crippen molar-refractivity contribution >= 4 is 52.5 Å². The minimum atomic E-state index is 0. The maximum absolute atomic E-state index is 4.50. The smallest absolute Gasteiger partial charge is 0.191 e. The fraction of sp³-hybridized carbons (Fsp3) is 0.412. The highest BCUT2D eigenvalue weighted by Crippen LogP contribution is 2.25. The quantitative estimate of drug-likeness (QED) is 0.433. The summed E-state index contributed by atoms with van der Waals surface area (Å²) < 4.78 is 0. The van der Waals surface area contributed by atoms with Crippen LogP contribution >= 0.6 is 35.7 Å². The van der Waals surface area contributed by atoms with E-state index in [2.05, 4.69) is 56.6 Å². The molecule has 1 aliphatic rings. The van der Waals surface area contributed by atoms with Gasteiger partial charge in [-0.25, -0.2) is 0 Å². The van der Waals surface area contributed by atoms with Gasteiger partial charge in [-0.05, 0) is 30.0 Å². The number of fused-ring (bicyclic) bond motifs is 1. The molecule has 2 heterocycles. The minimum absolute atomic E-state index is 0. The van der Waals surface area contributed by atoms with Crippen molar-refractivity contribution in [3.8, 4) is 0 Å². The van der Waals surface area contributed by atoms with Gasteiger partial charge in [-0.2, -0.15) is 11.8 Å². The highest BCUT2D eigenvalue weighted by Gasteiger charge is 2.15. The van der Waals surface area contributed by atoms with Gasteiger partial charge < -0.3 is 10.6 Å². The molecule has 1 atom stereocenters. The number of thioether (sulfide) groups is 1. The lowest BCUT2D eigenvalue weighted by molar-refractivity contribution is 0.724. The summed E-state index contributed by atoms with van der Waals surface area (Å²) in [6.07, 6.45) is 4.51. The first-order chi connectivity index (χ1) is 10.9. The number of guanidine groups is 1. The van der Waals surface area contributed by atoms with Gasteiger partial charge in [0.1, 0.15) is 0 Å². The van der Waals surface area contributed by atoms with Crippen molar-refractivity contribution in [2.45, 2.75) is 24.6 Å². The van der Waals surface area contributed by atoms with Crippen molar-refractivity contribution < 1.29 is 0 Å². The first-order valence-corrected chi connectivity index (χ1v) is 8.80. The number of aromatic nitrogens is 1. The van der Waals surface area contributed by atoms with E-state index in [9.17, 15) is 0 Å². The molecule has 2 aromatic rings. The topological polar surface area (TPSA) is 49.3 Å². The molecule has 0 spiro atoms. The molecule has 1 saturated heterocycles. The van der Waals surface area contributed by atoms with Crippen LogP contribution in [0.1, 0.15) is 18.5 Å². The van der Waals surface area contributed by atoms with E-state index in [1.165, 1.54) is 29.4 Å². The van der Waals surface area contributed by atoms with Crippen LogP contribution in [0.4, 0.5) is 0 Å². The molecule has 0 amide bonds. The molecule has 0 saturated carbocycles. The van der Waals surface area contributed by atoms with Crippen molar-refractivity contribution in [1.82, 2.24) is 15.6 Å². The summed E-state index contributed by atoms with van der Waals surface area (Å²) in [6.45, 7) is 1.66. The molecule has 0 bridgehead atoms. The van der Waals surface area contributed by atoms with Crippen LogP contribution in [0, 0.1) is 0 Å². The number of aliphatic imine (C=N–C) groups is 1. The molecule has 6 heteroatoms. The maximum Gasteiger partial charge on any atom is 0.191 e. The van der Waals surface area contributed by atoms with E-state index in [1.54, 1.807) is 0 Å². The van der Waals surface area contributed by atoms with Gasteiger partial charge in [0.2, 0.25) is 0 Å². The summed E-state index contributed by atoms with van der Waals surface area (Å²) in [5.74, 6) is 2.14. The Labute approximate surface area is 159 Å². The monoisotopic (exact) mass is 442 g/mol. The number of hydrogen-bond acceptors (Lipinski definition) is 3. The number of benzene rings is 1. The number of halogens is 1. The van der Waals surface area contributed by atoms with E-state index >= 15 is 0 Å². The number of hydrogen-bond donors (Lipinski definition) is 2. The van der Waals surface area contributed by atoms with Gasteiger partial charge in [-0.1, -0.05) is 24.3 Å². The second-order valence-corrected chi connectivity index (χ2v) is 6.83. The lowest BCUT2D eigenvalue weighted by Gasteiger charge is -2.15. The van der Waals surface area contributed by atoms with Crippen LogP contribution in [0.2, 0.25) is 0 Å². The molecule has 23 heavy (non-hydrogen) atoms. The first kappa shape index (κ1) is 18.3. The third kappa shape index (κ3) is 4.97. The molecule has 0 aliphatic carbocycles. The van der Waals surface area contributed by atoms with Crippen LogP contribution in [-0.2, 0) is 6.54 Å². The summed E-state index contributed by atoms with van der Waals surface area (Å²) in [5, 5.41) is 9.92. The van der Waals surface area contributed by atoms with Gasteiger partial charge in [0.05, 0.1) is 12.2 Å². The number of pyridine rings is 1. The van der Waals surface area contributed by atoms with Crippen molar-refractivity contribution in [3.05, 3.63) is 42.2 Å². The summed E-state index contributed by atoms with van der Waals surface area (Å²) in [5.41, 5.74) is 1.05. The fourth-order valence-electron chi connectivity index (χ4n) is 2.73. The molecule has 1 aromatic heterocycles. The van der Waals surface area contributed by atoms with Crippen molar-refractivity contribution in [2.24, 2.45) is 4.99 Å². The van der Waals surface area contributed by atoms with Gasteiger partial charge in [-0.15, -0.1) is 24.0 Å². The van der Waals surface area contributed by atoms with Gasteiger partial charge in [-0.3, -0.25) is 9.98 Å². The van der Waals surface area contributed by atoms with Gasteiger partial charge in [0.15, 0.2) is 5.96 Å². The lowest BCUT2D eigenvalue weighted by atomic mass is 10.1. The number of nitrogens with one attached hydrogen (secondary N) is 2. The van der Waals surface area contributed by atoms with E-state index in [0.29, 0.717) is 11.8 Å². The van der Waals surface area contributed by atoms with E-state index in [1.807, 2.05) is 19.3 Å². The molecular formula is C17H23IN4S. The first-order valence-electron chi connectivity index (χ1n) is 7.75. The highest BCUT2D eigenvalue weighted by atomic mass is 127. The summed E-state index contributed by atoms with van der Waals surface area (Å²) in [4.78, 5) is 8.80. The second-order valence-electron chi connectivity index (χ2n) is 5.42. The lowest BCUT2D eigenvalue weighted by Crippen LogP contribution is -2.39. The fourth-order valence-corrected chi connectivity index (χ4v) is 3.93. The van der Waals surface area contributed by atoms with Crippen molar-refractivity contribution in [3.63, 3.8) is 0 Å². The number of rotatable bonds is 4. The largest absolute Gasteiger partial charge is 0.355 e. The zero-order valence-electron chi connectivity index (χ0n) is 13.3. The predicted octanol–water partition coefficient (Wildman–Crippen LogP) is 3.41. The minimum Gasteiger partial charge on any atom is -0.355 e. The van der Waals surface area contributed by atoms with E-state index in [4.69, 9.17) is 0 Å². The molecule has 2 N–H and O–H groups in total. The molecule has 0 radical (unpaired) electrons. The summed E-state index contributed by atoms with van der Waals surface area (Å²) >= 11 is 2.05. The SMILES string of the molecule is CN=C(NCc1nccc2ccccc12)NCC1CCCS1.I. The van der Waals surface area contributed by atoms with Crippen LogP contribution in [0.3, 0.4) is 0 Å². The Hall–Kier alpha value is -1.02. The Balaban J connectivity index is 0.00000192. The number of nitrogens with zero attached hydrogens (tertiary/aromatic N) is 2. The molecule has 1 unspecified atom stereocenters. The Morgan fingerprint density at radius 3 is 2.96 bits per heavy atom. The molecular weight excluding hydrogens is 419 g/mol. The Bertz CT molecular complexity index is 651. The van der Waals surface area contributed by atoms with Crippen LogP contribution < -0.4 is 10.6 Å². The summed E-state index contributed by atoms with van der Waals surface area (Å²) in [7, 11) is 1.81. The Kier molecular flexibility index (Phi) is 7.42. The average Bonchev–Trinajstić information content (AvgIpc) is 3.08. The third-order valence-electron chi connectivity index (χ3n) is 3.92. The summed E-state index contributed by atoms with van der Waals surface area (Å²) in [6, 6.07) is 10.4. The van der Waals surface area contributed by atoms with E-state index < -0.39 is 0 Å². The standard InChI is InChI=1S/C17H22N4S.HI/c1-18-17(20-11-14-6-4-10-22-14)21-12-16-15-7-3-2-5-13(15)8-9-19-16;/h2-3,5,7-9,14H,4,6,10-12H2,1H3,(H2,18,20,21);1H. The van der Waals surface area contributed by atoms with E-state index in [0.717, 1.165) is 18.2 Å². The Morgan fingerprint density at radius 1 is 1.30 bits per heavy atom. The Morgan fingerprint density at radius 2 is 2.17 bits per heavy atom. The molecule has 1 aliphatic heterocycles. The normalized spacial score (nSPS) is 17.8. The molecule has 1 aromatic carbocycles. The maximum atomic E-state index is 4.50. The zero-order chi connectivity index (χ0) is 15.2. The highest BCUT2D eigenvalue weighted by molar-refractivity contribution is 14.0. The van der Waals surface area contributed by atoms with Crippen LogP contribution in [-0.4, -0.2) is 35.5 Å². The molecule has 4 nitrogen and oxygen atoms in total.